The lowest BCUT2D eigenvalue weighted by Gasteiger charge is -2.19. The molecular formula is C25H24N2O5S. The Morgan fingerprint density at radius 2 is 1.64 bits per heavy atom. The maximum Gasteiger partial charge on any atom is 0.512 e. The third-order valence-electron chi connectivity index (χ3n) is 5.30. The molecule has 0 saturated carbocycles. The fraction of sp³-hybridized carbons (Fsp3) is 0.160. The molecule has 170 valence electrons. The molecule has 0 fully saturated rings. The molecule has 0 radical (unpaired) electrons. The summed E-state index contributed by atoms with van der Waals surface area (Å²) in [5, 5.41) is 9.76. The van der Waals surface area contributed by atoms with Gasteiger partial charge in [-0.2, -0.15) is 0 Å². The Morgan fingerprint density at radius 3 is 2.24 bits per heavy atom. The van der Waals surface area contributed by atoms with Crippen LogP contribution in [0.5, 0.6) is 5.88 Å². The zero-order valence-corrected chi connectivity index (χ0v) is 19.2. The van der Waals surface area contributed by atoms with E-state index in [4.69, 9.17) is 9.84 Å². The Bertz CT molecular complexity index is 1420. The average molecular weight is 465 g/mol. The summed E-state index contributed by atoms with van der Waals surface area (Å²) in [4.78, 5) is 14.3. The number of anilines is 1. The van der Waals surface area contributed by atoms with Crippen LogP contribution >= 0.6 is 0 Å². The number of aromatic nitrogens is 1. The average Bonchev–Trinajstić information content (AvgIpc) is 3.10. The predicted molar refractivity (Wildman–Crippen MR) is 128 cm³/mol. The number of rotatable bonds is 5. The number of ether oxygens (including phenoxy) is 1. The maximum atomic E-state index is 13.0. The quantitative estimate of drug-likeness (QED) is 0.314. The van der Waals surface area contributed by atoms with Gasteiger partial charge in [-0.15, -0.1) is 0 Å². The van der Waals surface area contributed by atoms with Crippen molar-refractivity contribution in [2.75, 3.05) is 4.72 Å². The van der Waals surface area contributed by atoms with Gasteiger partial charge in [0.25, 0.3) is 10.0 Å². The molecule has 0 unspecified atom stereocenters. The van der Waals surface area contributed by atoms with E-state index in [2.05, 4.69) is 30.5 Å². The van der Waals surface area contributed by atoms with Crippen molar-refractivity contribution < 1.29 is 23.1 Å². The van der Waals surface area contributed by atoms with Crippen LogP contribution in [-0.2, 0) is 15.4 Å². The molecule has 3 aromatic carbocycles. The number of sulfonamides is 1. The van der Waals surface area contributed by atoms with Crippen LogP contribution in [0.4, 0.5) is 10.5 Å². The third-order valence-corrected chi connectivity index (χ3v) is 6.70. The van der Waals surface area contributed by atoms with Gasteiger partial charge in [0, 0.05) is 16.6 Å². The molecule has 4 rings (SSSR count). The first kappa shape index (κ1) is 22.4. The minimum Gasteiger partial charge on any atom is -0.449 e. The largest absolute Gasteiger partial charge is 0.512 e. The van der Waals surface area contributed by atoms with Crippen molar-refractivity contribution in [1.29, 1.82) is 0 Å². The Labute approximate surface area is 192 Å². The van der Waals surface area contributed by atoms with E-state index in [1.54, 1.807) is 30.3 Å². The highest BCUT2D eigenvalue weighted by molar-refractivity contribution is 7.92. The lowest BCUT2D eigenvalue weighted by atomic mass is 9.87. The van der Waals surface area contributed by atoms with E-state index >= 15 is 0 Å². The Morgan fingerprint density at radius 1 is 0.970 bits per heavy atom. The molecule has 0 atom stereocenters. The minimum absolute atomic E-state index is 0.0708. The highest BCUT2D eigenvalue weighted by Crippen LogP contribution is 2.39. The van der Waals surface area contributed by atoms with E-state index in [1.807, 2.05) is 42.5 Å². The Kier molecular flexibility index (Phi) is 5.63. The molecule has 3 N–H and O–H groups in total. The number of benzene rings is 3. The second-order valence-corrected chi connectivity index (χ2v) is 10.4. The summed E-state index contributed by atoms with van der Waals surface area (Å²) in [5.74, 6) is 0.0708. The summed E-state index contributed by atoms with van der Waals surface area (Å²) in [6, 6.07) is 20.9. The first-order valence-electron chi connectivity index (χ1n) is 10.3. The standard InChI is InChI=1S/C25H24N2O5S/c1-25(2,3)17-9-12-19(13-10-17)33(30,31)27-18-11-14-21-20(15-18)22(16-7-5-4-6-8-16)23(26-21)32-24(28)29/h4-15,26-27H,1-3H3,(H,28,29). The van der Waals surface area contributed by atoms with Gasteiger partial charge in [0.1, 0.15) is 0 Å². The van der Waals surface area contributed by atoms with Crippen LogP contribution in [-0.4, -0.2) is 24.7 Å². The van der Waals surface area contributed by atoms with E-state index < -0.39 is 16.2 Å². The second kappa shape index (κ2) is 8.29. The van der Waals surface area contributed by atoms with Gasteiger partial charge in [-0.25, -0.2) is 13.2 Å². The van der Waals surface area contributed by atoms with Crippen LogP contribution in [0.3, 0.4) is 0 Å². The summed E-state index contributed by atoms with van der Waals surface area (Å²) in [5.41, 5.74) is 3.18. The molecule has 33 heavy (non-hydrogen) atoms. The number of H-pyrrole nitrogens is 1. The molecular weight excluding hydrogens is 440 g/mol. The van der Waals surface area contributed by atoms with Crippen LogP contribution in [0, 0.1) is 0 Å². The number of carbonyl (C=O) groups is 1. The molecule has 1 heterocycles. The fourth-order valence-electron chi connectivity index (χ4n) is 3.63. The first-order valence-corrected chi connectivity index (χ1v) is 11.8. The number of carboxylic acid groups (broad SMARTS) is 1. The van der Waals surface area contributed by atoms with Crippen LogP contribution in [0.15, 0.2) is 77.7 Å². The van der Waals surface area contributed by atoms with E-state index in [9.17, 15) is 13.2 Å². The number of hydrogen-bond donors (Lipinski definition) is 3. The third kappa shape index (κ3) is 4.70. The molecule has 0 aliphatic rings. The van der Waals surface area contributed by atoms with Crippen LogP contribution in [0.25, 0.3) is 22.0 Å². The van der Waals surface area contributed by atoms with Gasteiger partial charge >= 0.3 is 6.16 Å². The number of nitrogens with one attached hydrogen (secondary N) is 2. The minimum atomic E-state index is -3.82. The fourth-order valence-corrected chi connectivity index (χ4v) is 4.68. The highest BCUT2D eigenvalue weighted by atomic mass is 32.2. The van der Waals surface area contributed by atoms with Gasteiger partial charge in [0.15, 0.2) is 0 Å². The molecule has 0 aliphatic carbocycles. The summed E-state index contributed by atoms with van der Waals surface area (Å²) in [6.45, 7) is 6.19. The van der Waals surface area contributed by atoms with Gasteiger partial charge in [-0.1, -0.05) is 63.2 Å². The monoisotopic (exact) mass is 464 g/mol. The summed E-state index contributed by atoms with van der Waals surface area (Å²) < 4.78 is 33.5. The van der Waals surface area contributed by atoms with E-state index in [-0.39, 0.29) is 16.2 Å². The van der Waals surface area contributed by atoms with Gasteiger partial charge in [0.05, 0.1) is 10.5 Å². The number of fused-ring (bicyclic) bond motifs is 1. The lowest BCUT2D eigenvalue weighted by molar-refractivity contribution is 0.143. The maximum absolute atomic E-state index is 13.0. The normalized spacial score (nSPS) is 12.0. The summed E-state index contributed by atoms with van der Waals surface area (Å²) >= 11 is 0. The SMILES string of the molecule is CC(C)(C)c1ccc(S(=O)(=O)Nc2ccc3[nH]c(OC(=O)O)c(-c4ccccc4)c3c2)cc1. The van der Waals surface area contributed by atoms with E-state index in [1.165, 1.54) is 0 Å². The van der Waals surface area contributed by atoms with Crippen LogP contribution in [0.2, 0.25) is 0 Å². The zero-order valence-electron chi connectivity index (χ0n) is 18.4. The molecule has 0 spiro atoms. The van der Waals surface area contributed by atoms with Crippen molar-refractivity contribution >= 4 is 32.8 Å². The topological polar surface area (TPSA) is 108 Å². The Balaban J connectivity index is 1.74. The van der Waals surface area contributed by atoms with Crippen molar-refractivity contribution in [3.05, 3.63) is 78.4 Å². The molecule has 0 aliphatic heterocycles. The zero-order chi connectivity index (χ0) is 23.8. The van der Waals surface area contributed by atoms with Crippen molar-refractivity contribution in [3.8, 4) is 17.0 Å². The van der Waals surface area contributed by atoms with Crippen LogP contribution in [0.1, 0.15) is 26.3 Å². The number of aromatic amines is 1. The molecule has 4 aromatic rings. The van der Waals surface area contributed by atoms with Gasteiger partial charge in [0.2, 0.25) is 5.88 Å². The molecule has 0 saturated heterocycles. The van der Waals surface area contributed by atoms with Gasteiger partial charge < -0.3 is 14.8 Å². The molecule has 7 nitrogen and oxygen atoms in total. The first-order chi connectivity index (χ1) is 15.5. The molecule has 8 heteroatoms. The smallest absolute Gasteiger partial charge is 0.449 e. The van der Waals surface area contributed by atoms with Crippen molar-refractivity contribution in [2.45, 2.75) is 31.1 Å². The number of hydrogen-bond acceptors (Lipinski definition) is 4. The molecule has 0 amide bonds. The van der Waals surface area contributed by atoms with E-state index in [0.29, 0.717) is 22.2 Å². The van der Waals surface area contributed by atoms with Crippen molar-refractivity contribution in [3.63, 3.8) is 0 Å². The van der Waals surface area contributed by atoms with Gasteiger partial charge in [-0.05, 0) is 46.9 Å². The van der Waals surface area contributed by atoms with E-state index in [0.717, 1.165) is 11.1 Å². The highest BCUT2D eigenvalue weighted by Gasteiger charge is 2.20. The van der Waals surface area contributed by atoms with Crippen molar-refractivity contribution in [2.24, 2.45) is 0 Å². The predicted octanol–water partition coefficient (Wildman–Crippen LogP) is 5.99. The molecule has 1 aromatic heterocycles. The van der Waals surface area contributed by atoms with Gasteiger partial charge in [-0.3, -0.25) is 4.72 Å². The van der Waals surface area contributed by atoms with Crippen LogP contribution < -0.4 is 9.46 Å². The summed E-state index contributed by atoms with van der Waals surface area (Å²) in [7, 11) is -3.82. The summed E-state index contributed by atoms with van der Waals surface area (Å²) in [6.07, 6.45) is -1.45. The molecule has 0 bridgehead atoms. The lowest BCUT2D eigenvalue weighted by Crippen LogP contribution is -2.14. The Hall–Kier alpha value is -3.78. The van der Waals surface area contributed by atoms with Crippen molar-refractivity contribution in [1.82, 2.24) is 4.98 Å². The second-order valence-electron chi connectivity index (χ2n) is 8.70.